The maximum atomic E-state index is 12.7. The molecule has 0 amide bonds. The molecule has 0 aromatic rings. The van der Waals surface area contributed by atoms with Gasteiger partial charge in [-0.05, 0) is 25.7 Å². The van der Waals surface area contributed by atoms with E-state index in [1.54, 1.807) is 13.8 Å². The molecule has 9 heteroatoms. The molecule has 0 aromatic carbocycles. The van der Waals surface area contributed by atoms with Crippen LogP contribution in [0.4, 0.5) is 0 Å². The first kappa shape index (κ1) is 25.8. The van der Waals surface area contributed by atoms with Crippen molar-refractivity contribution in [3.05, 3.63) is 0 Å². The highest BCUT2D eigenvalue weighted by Gasteiger charge is 2.45. The molecule has 0 spiro atoms. The summed E-state index contributed by atoms with van der Waals surface area (Å²) in [5.41, 5.74) is -2.78. The molecule has 3 N–H and O–H groups in total. The summed E-state index contributed by atoms with van der Waals surface area (Å²) in [6, 6.07) is 0. The van der Waals surface area contributed by atoms with Crippen molar-refractivity contribution < 1.29 is 44.0 Å². The van der Waals surface area contributed by atoms with Crippen LogP contribution in [0.5, 0.6) is 0 Å². The van der Waals surface area contributed by atoms with Crippen LogP contribution in [0.15, 0.2) is 0 Å². The number of carboxylic acid groups (broad SMARTS) is 2. The number of rotatable bonds is 13. The van der Waals surface area contributed by atoms with Crippen LogP contribution in [0.1, 0.15) is 53.4 Å². The van der Waals surface area contributed by atoms with Gasteiger partial charge in [0, 0.05) is 0 Å². The van der Waals surface area contributed by atoms with Crippen molar-refractivity contribution in [2.24, 2.45) is 22.7 Å². The molecule has 9 nitrogen and oxygen atoms in total. The average Bonchev–Trinajstić information content (AvgIpc) is 2.67. The first-order valence-corrected chi connectivity index (χ1v) is 9.27. The van der Waals surface area contributed by atoms with Gasteiger partial charge in [0.15, 0.2) is 0 Å². The van der Waals surface area contributed by atoms with Crippen LogP contribution in [0.25, 0.3) is 0 Å². The Morgan fingerprint density at radius 1 is 0.857 bits per heavy atom. The normalized spacial score (nSPS) is 17.5. The van der Waals surface area contributed by atoms with E-state index in [4.69, 9.17) is 14.6 Å². The lowest BCUT2D eigenvalue weighted by molar-refractivity contribution is -0.172. The van der Waals surface area contributed by atoms with Gasteiger partial charge >= 0.3 is 23.9 Å². The Balaban J connectivity index is 5.60. The Kier molecular flexibility index (Phi) is 10.1. The van der Waals surface area contributed by atoms with Gasteiger partial charge in [-0.15, -0.1) is 0 Å². The molecule has 0 aliphatic rings. The molecule has 0 aliphatic heterocycles. The summed E-state index contributed by atoms with van der Waals surface area (Å²) in [4.78, 5) is 47.5. The van der Waals surface area contributed by atoms with E-state index in [-0.39, 0.29) is 25.7 Å². The van der Waals surface area contributed by atoms with Crippen molar-refractivity contribution in [3.8, 4) is 0 Å². The third-order valence-electron chi connectivity index (χ3n) is 5.42. The largest absolute Gasteiger partial charge is 0.481 e. The van der Waals surface area contributed by atoms with Crippen molar-refractivity contribution in [2.75, 3.05) is 20.3 Å². The summed E-state index contributed by atoms with van der Waals surface area (Å²) in [6.07, 6.45) is 0.0940. The molecule has 0 aliphatic carbocycles. The van der Waals surface area contributed by atoms with Crippen LogP contribution in [0.3, 0.4) is 0 Å². The van der Waals surface area contributed by atoms with Gasteiger partial charge in [0.05, 0.1) is 31.0 Å². The second-order valence-electron chi connectivity index (χ2n) is 7.38. The third kappa shape index (κ3) is 6.19. The number of carbonyl (C=O) groups excluding carboxylic acids is 2. The smallest absolute Gasteiger partial charge is 0.315 e. The number of esters is 2. The predicted molar refractivity (Wildman–Crippen MR) is 98.3 cm³/mol. The summed E-state index contributed by atoms with van der Waals surface area (Å²) in [5.74, 6) is -5.48. The molecular formula is C19H32O9. The number of aliphatic carboxylic acids is 2. The molecule has 0 bridgehead atoms. The number of carboxylic acids is 2. The molecule has 0 radical (unpaired) electrons. The minimum atomic E-state index is -1.42. The van der Waals surface area contributed by atoms with Crippen molar-refractivity contribution in [1.29, 1.82) is 0 Å². The lowest BCUT2D eigenvalue weighted by atomic mass is 9.76. The molecular weight excluding hydrogens is 372 g/mol. The van der Waals surface area contributed by atoms with Gasteiger partial charge in [0.1, 0.15) is 12.0 Å². The molecule has 0 saturated carbocycles. The summed E-state index contributed by atoms with van der Waals surface area (Å²) >= 11 is 0. The third-order valence-corrected chi connectivity index (χ3v) is 5.42. The highest BCUT2D eigenvalue weighted by Crippen LogP contribution is 2.36. The average molecular weight is 404 g/mol. The van der Waals surface area contributed by atoms with Gasteiger partial charge in [0.2, 0.25) is 0 Å². The lowest BCUT2D eigenvalue weighted by Crippen LogP contribution is -2.44. The number of aliphatic hydroxyl groups excluding tert-OH is 1. The van der Waals surface area contributed by atoms with E-state index in [2.05, 4.69) is 0 Å². The zero-order valence-electron chi connectivity index (χ0n) is 17.2. The van der Waals surface area contributed by atoms with E-state index >= 15 is 0 Å². The van der Waals surface area contributed by atoms with Crippen molar-refractivity contribution in [3.63, 3.8) is 0 Å². The number of hydrogen-bond donors (Lipinski definition) is 3. The molecule has 4 atom stereocenters. The van der Waals surface area contributed by atoms with Crippen LogP contribution in [0.2, 0.25) is 0 Å². The Bertz CT molecular complexity index is 568. The quantitative estimate of drug-likeness (QED) is 0.390. The molecule has 0 saturated heterocycles. The molecule has 0 aromatic heterocycles. The Labute approximate surface area is 165 Å². The van der Waals surface area contributed by atoms with Crippen LogP contribution in [-0.2, 0) is 28.7 Å². The molecule has 0 heterocycles. The first-order chi connectivity index (χ1) is 12.9. The number of hydrogen-bond acceptors (Lipinski definition) is 7. The van der Waals surface area contributed by atoms with E-state index < -0.39 is 59.8 Å². The summed E-state index contributed by atoms with van der Waals surface area (Å²) in [6.45, 7) is 5.13. The van der Waals surface area contributed by atoms with Gasteiger partial charge in [0.25, 0.3) is 0 Å². The molecule has 28 heavy (non-hydrogen) atoms. The van der Waals surface area contributed by atoms with E-state index in [0.717, 1.165) is 0 Å². The Morgan fingerprint density at radius 3 is 1.61 bits per heavy atom. The fourth-order valence-corrected chi connectivity index (χ4v) is 3.12. The highest BCUT2D eigenvalue weighted by atomic mass is 16.5. The van der Waals surface area contributed by atoms with Gasteiger partial charge in [-0.3, -0.25) is 19.2 Å². The van der Waals surface area contributed by atoms with Gasteiger partial charge in [-0.2, -0.15) is 0 Å². The van der Waals surface area contributed by atoms with E-state index in [1.807, 2.05) is 0 Å². The second kappa shape index (κ2) is 11.0. The van der Waals surface area contributed by atoms with Crippen molar-refractivity contribution >= 4 is 23.9 Å². The topological polar surface area (TPSA) is 147 Å². The number of ether oxygens (including phenoxy) is 2. The zero-order chi connectivity index (χ0) is 22.1. The standard InChI is InChI=1S/C19H32O9/c1-6-18(10-20,8-12(3)14(21)22)17(26)28-11-19(7-2,16(25)27-5)9-13(4)15(23)24/h12-13,20H,6-11H2,1-5H3,(H,21,22)(H,23,24). The number of methoxy groups -OCH3 is 1. The highest BCUT2D eigenvalue weighted by molar-refractivity contribution is 5.81. The summed E-state index contributed by atoms with van der Waals surface area (Å²) in [5, 5.41) is 28.1. The monoisotopic (exact) mass is 404 g/mol. The maximum absolute atomic E-state index is 12.7. The van der Waals surface area contributed by atoms with Crippen molar-refractivity contribution in [1.82, 2.24) is 0 Å². The lowest BCUT2D eigenvalue weighted by Gasteiger charge is -2.34. The molecule has 162 valence electrons. The minimum absolute atomic E-state index is 0.0947. The first-order valence-electron chi connectivity index (χ1n) is 9.27. The van der Waals surface area contributed by atoms with Crippen LogP contribution in [-0.4, -0.2) is 59.5 Å². The van der Waals surface area contributed by atoms with Gasteiger partial charge in [-0.25, -0.2) is 0 Å². The van der Waals surface area contributed by atoms with Crippen LogP contribution in [0, 0.1) is 22.7 Å². The maximum Gasteiger partial charge on any atom is 0.315 e. The summed E-state index contributed by atoms with van der Waals surface area (Å²) < 4.78 is 10.1. The molecule has 0 fully saturated rings. The van der Waals surface area contributed by atoms with E-state index in [0.29, 0.717) is 0 Å². The van der Waals surface area contributed by atoms with Gasteiger partial charge in [-0.1, -0.05) is 27.7 Å². The minimum Gasteiger partial charge on any atom is -0.481 e. The van der Waals surface area contributed by atoms with Crippen molar-refractivity contribution in [2.45, 2.75) is 53.4 Å². The SMILES string of the molecule is CCC(COC(=O)C(CC)(CO)CC(C)C(=O)O)(CC(C)C(=O)O)C(=O)OC. The van der Waals surface area contributed by atoms with Gasteiger partial charge < -0.3 is 24.8 Å². The second-order valence-corrected chi connectivity index (χ2v) is 7.38. The predicted octanol–water partition coefficient (Wildman–Crippen LogP) is 1.71. The number of aliphatic hydroxyl groups is 1. The molecule has 4 unspecified atom stereocenters. The fraction of sp³-hybridized carbons (Fsp3) is 0.789. The Morgan fingerprint density at radius 2 is 1.29 bits per heavy atom. The van der Waals surface area contributed by atoms with Crippen LogP contribution < -0.4 is 0 Å². The Hall–Kier alpha value is -2.16. The molecule has 0 rings (SSSR count). The summed E-state index contributed by atoms with van der Waals surface area (Å²) in [7, 11) is 1.17. The zero-order valence-corrected chi connectivity index (χ0v) is 17.2. The number of carbonyl (C=O) groups is 4. The van der Waals surface area contributed by atoms with Crippen LogP contribution >= 0.6 is 0 Å². The van der Waals surface area contributed by atoms with E-state index in [9.17, 15) is 29.4 Å². The van der Waals surface area contributed by atoms with E-state index in [1.165, 1.54) is 21.0 Å². The fourth-order valence-electron chi connectivity index (χ4n) is 3.12.